The summed E-state index contributed by atoms with van der Waals surface area (Å²) in [7, 11) is -3.68. The fourth-order valence-corrected chi connectivity index (χ4v) is 4.82. The molecule has 1 aromatic heterocycles. The molecule has 1 aromatic carbocycles. The van der Waals surface area contributed by atoms with E-state index in [1.807, 2.05) is 0 Å². The molecule has 1 saturated heterocycles. The highest BCUT2D eigenvalue weighted by Gasteiger charge is 2.27. The molecule has 2 heterocycles. The van der Waals surface area contributed by atoms with Crippen LogP contribution in [0.4, 0.5) is 5.82 Å². The highest BCUT2D eigenvalue weighted by molar-refractivity contribution is 7.89. The first-order valence-corrected chi connectivity index (χ1v) is 11.5. The number of hydrogen-bond donors (Lipinski definition) is 2. The summed E-state index contributed by atoms with van der Waals surface area (Å²) in [5, 5.41) is 6.59. The van der Waals surface area contributed by atoms with Gasteiger partial charge >= 0.3 is 0 Å². The highest BCUT2D eigenvalue weighted by Crippen LogP contribution is 2.22. The van der Waals surface area contributed by atoms with E-state index in [0.29, 0.717) is 66.4 Å². The Morgan fingerprint density at radius 3 is 2.63 bits per heavy atom. The average molecular weight is 473 g/mol. The Labute approximate surface area is 185 Å². The van der Waals surface area contributed by atoms with Crippen LogP contribution in [0.2, 0.25) is 10.0 Å². The van der Waals surface area contributed by atoms with Crippen molar-refractivity contribution in [2.45, 2.75) is 11.8 Å². The third-order valence-corrected chi connectivity index (χ3v) is 6.96. The molecular weight excluding hydrogens is 451 g/mol. The summed E-state index contributed by atoms with van der Waals surface area (Å²) in [6.07, 6.45) is 1.47. The second kappa shape index (κ2) is 9.93. The number of pyridine rings is 1. The van der Waals surface area contributed by atoms with Crippen LogP contribution in [0.15, 0.2) is 35.4 Å². The Morgan fingerprint density at radius 2 is 1.93 bits per heavy atom. The van der Waals surface area contributed by atoms with Crippen molar-refractivity contribution in [3.8, 4) is 0 Å². The van der Waals surface area contributed by atoms with E-state index >= 15 is 0 Å². The van der Waals surface area contributed by atoms with Crippen LogP contribution in [0.25, 0.3) is 0 Å². The standard InChI is InChI=1S/C19H22Cl2N4O4S/c1-13-2-3-15(30(27,28)25-6-8-29-9-7-25)11-16(13)19(26)23-5-4-22-18-17(21)10-14(20)12-24-18/h2-3,10-12H,4-9H2,1H3,(H,22,24)(H,23,26). The molecular formula is C19H22Cl2N4O4S. The number of benzene rings is 1. The fraction of sp³-hybridized carbons (Fsp3) is 0.368. The Balaban J connectivity index is 1.63. The van der Waals surface area contributed by atoms with Crippen LogP contribution in [-0.2, 0) is 14.8 Å². The van der Waals surface area contributed by atoms with E-state index in [9.17, 15) is 13.2 Å². The summed E-state index contributed by atoms with van der Waals surface area (Å²) >= 11 is 11.9. The number of rotatable bonds is 7. The van der Waals surface area contributed by atoms with E-state index in [2.05, 4.69) is 15.6 Å². The molecule has 1 fully saturated rings. The lowest BCUT2D eigenvalue weighted by molar-refractivity contribution is 0.0730. The van der Waals surface area contributed by atoms with Crippen LogP contribution in [0.1, 0.15) is 15.9 Å². The molecule has 162 valence electrons. The van der Waals surface area contributed by atoms with Gasteiger partial charge in [0.1, 0.15) is 5.82 Å². The second-order valence-corrected chi connectivity index (χ2v) is 9.44. The van der Waals surface area contributed by atoms with Gasteiger partial charge in [0, 0.05) is 37.9 Å². The highest BCUT2D eigenvalue weighted by atomic mass is 35.5. The predicted molar refractivity (Wildman–Crippen MR) is 116 cm³/mol. The smallest absolute Gasteiger partial charge is 0.251 e. The minimum Gasteiger partial charge on any atom is -0.379 e. The third-order valence-electron chi connectivity index (χ3n) is 4.57. The van der Waals surface area contributed by atoms with Crippen molar-refractivity contribution in [1.29, 1.82) is 0 Å². The van der Waals surface area contributed by atoms with Crippen LogP contribution in [-0.4, -0.2) is 63.0 Å². The topological polar surface area (TPSA) is 101 Å². The van der Waals surface area contributed by atoms with Crippen molar-refractivity contribution in [1.82, 2.24) is 14.6 Å². The lowest BCUT2D eigenvalue weighted by Crippen LogP contribution is -2.40. The number of nitrogens with one attached hydrogen (secondary N) is 2. The van der Waals surface area contributed by atoms with Crippen LogP contribution < -0.4 is 10.6 Å². The number of aromatic nitrogens is 1. The minimum atomic E-state index is -3.68. The molecule has 8 nitrogen and oxygen atoms in total. The van der Waals surface area contributed by atoms with Crippen molar-refractivity contribution in [2.75, 3.05) is 44.7 Å². The molecule has 0 spiro atoms. The first-order chi connectivity index (χ1) is 14.3. The maximum atomic E-state index is 12.8. The Bertz CT molecular complexity index is 1030. The molecule has 0 radical (unpaired) electrons. The zero-order valence-electron chi connectivity index (χ0n) is 16.3. The van der Waals surface area contributed by atoms with Gasteiger partial charge in [-0.3, -0.25) is 4.79 Å². The largest absolute Gasteiger partial charge is 0.379 e. The Hall–Kier alpha value is -1.91. The summed E-state index contributed by atoms with van der Waals surface area (Å²) in [6.45, 7) is 3.74. The minimum absolute atomic E-state index is 0.0930. The van der Waals surface area contributed by atoms with Crippen LogP contribution in [0.5, 0.6) is 0 Å². The first kappa shape index (κ1) is 22.8. The summed E-state index contributed by atoms with van der Waals surface area (Å²) in [6, 6.07) is 6.14. The van der Waals surface area contributed by atoms with Gasteiger partial charge in [0.25, 0.3) is 5.91 Å². The zero-order valence-corrected chi connectivity index (χ0v) is 18.6. The second-order valence-electron chi connectivity index (χ2n) is 6.66. The van der Waals surface area contributed by atoms with Crippen LogP contribution in [0.3, 0.4) is 0 Å². The molecule has 0 bridgehead atoms. The molecule has 2 aromatic rings. The van der Waals surface area contributed by atoms with Crippen LogP contribution in [0, 0.1) is 6.92 Å². The number of aryl methyl sites for hydroxylation is 1. The SMILES string of the molecule is Cc1ccc(S(=O)(=O)N2CCOCC2)cc1C(=O)NCCNc1ncc(Cl)cc1Cl. The average Bonchev–Trinajstić information content (AvgIpc) is 2.73. The van der Waals surface area contributed by atoms with Crippen molar-refractivity contribution in [3.05, 3.63) is 51.6 Å². The quantitative estimate of drug-likeness (QED) is 0.600. The van der Waals surface area contributed by atoms with E-state index in [0.717, 1.165) is 0 Å². The Morgan fingerprint density at radius 1 is 1.20 bits per heavy atom. The van der Waals surface area contributed by atoms with Gasteiger partial charge < -0.3 is 15.4 Å². The molecule has 0 saturated carbocycles. The number of nitrogens with zero attached hydrogens (tertiary/aromatic N) is 2. The molecule has 1 aliphatic rings. The maximum absolute atomic E-state index is 12.8. The van der Waals surface area contributed by atoms with Crippen molar-refractivity contribution < 1.29 is 17.9 Å². The van der Waals surface area contributed by atoms with Crippen molar-refractivity contribution >= 4 is 45.0 Å². The number of hydrogen-bond acceptors (Lipinski definition) is 6. The van der Waals surface area contributed by atoms with E-state index in [-0.39, 0.29) is 10.8 Å². The number of morpholine rings is 1. The van der Waals surface area contributed by atoms with Gasteiger partial charge in [-0.2, -0.15) is 4.31 Å². The van der Waals surface area contributed by atoms with Gasteiger partial charge in [0.2, 0.25) is 10.0 Å². The first-order valence-electron chi connectivity index (χ1n) is 9.30. The van der Waals surface area contributed by atoms with Gasteiger partial charge in [-0.15, -0.1) is 0 Å². The van der Waals surface area contributed by atoms with E-state index < -0.39 is 10.0 Å². The Kier molecular flexibility index (Phi) is 7.54. The third kappa shape index (κ3) is 5.41. The molecule has 0 aliphatic carbocycles. The number of halogens is 2. The molecule has 1 amide bonds. The number of sulfonamides is 1. The predicted octanol–water partition coefficient (Wildman–Crippen LogP) is 2.56. The van der Waals surface area contributed by atoms with Crippen molar-refractivity contribution in [3.63, 3.8) is 0 Å². The molecule has 11 heteroatoms. The molecule has 3 rings (SSSR count). The summed E-state index contributed by atoms with van der Waals surface area (Å²) in [4.78, 5) is 16.8. The monoisotopic (exact) mass is 472 g/mol. The van der Waals surface area contributed by atoms with E-state index in [1.165, 1.54) is 22.6 Å². The summed E-state index contributed by atoms with van der Waals surface area (Å²) in [5.41, 5.74) is 0.996. The van der Waals surface area contributed by atoms with Crippen molar-refractivity contribution in [2.24, 2.45) is 0 Å². The fourth-order valence-electron chi connectivity index (χ4n) is 2.94. The number of carbonyl (C=O) groups excluding carboxylic acids is 1. The number of ether oxygens (including phenoxy) is 1. The normalized spacial score (nSPS) is 15.0. The van der Waals surface area contributed by atoms with Gasteiger partial charge in [-0.1, -0.05) is 29.3 Å². The van der Waals surface area contributed by atoms with E-state index in [4.69, 9.17) is 27.9 Å². The molecule has 0 unspecified atom stereocenters. The number of carbonyl (C=O) groups is 1. The lowest BCUT2D eigenvalue weighted by Gasteiger charge is -2.26. The van der Waals surface area contributed by atoms with Gasteiger partial charge in [-0.25, -0.2) is 13.4 Å². The summed E-state index contributed by atoms with van der Waals surface area (Å²) in [5.74, 6) is 0.105. The van der Waals surface area contributed by atoms with Crippen LogP contribution >= 0.6 is 23.2 Å². The molecule has 1 aliphatic heterocycles. The molecule has 0 atom stereocenters. The lowest BCUT2D eigenvalue weighted by atomic mass is 10.1. The summed E-state index contributed by atoms with van der Waals surface area (Å²) < 4.78 is 32.3. The maximum Gasteiger partial charge on any atom is 0.251 e. The van der Waals surface area contributed by atoms with E-state index in [1.54, 1.807) is 19.1 Å². The van der Waals surface area contributed by atoms with Gasteiger partial charge in [-0.05, 0) is 30.7 Å². The zero-order chi connectivity index (χ0) is 21.7. The van der Waals surface area contributed by atoms with Gasteiger partial charge in [0.05, 0.1) is 28.2 Å². The molecule has 30 heavy (non-hydrogen) atoms. The number of anilines is 1. The van der Waals surface area contributed by atoms with Gasteiger partial charge in [0.15, 0.2) is 0 Å². The number of amides is 1. The molecule has 2 N–H and O–H groups in total.